The first-order valence-corrected chi connectivity index (χ1v) is 6.99. The molecule has 1 atom stereocenters. The van der Waals surface area contributed by atoms with Crippen molar-refractivity contribution in [1.82, 2.24) is 0 Å². The second kappa shape index (κ2) is 5.48. The molecule has 2 aliphatic rings. The van der Waals surface area contributed by atoms with Crippen molar-refractivity contribution in [2.24, 2.45) is 17.8 Å². The summed E-state index contributed by atoms with van der Waals surface area (Å²) in [5.41, 5.74) is 0. The van der Waals surface area contributed by atoms with Crippen LogP contribution < -0.4 is 0 Å². The van der Waals surface area contributed by atoms with Gasteiger partial charge in [-0.25, -0.2) is 4.39 Å². The molecular weight excluding hydrogens is 203 g/mol. The van der Waals surface area contributed by atoms with Crippen LogP contribution >= 0.6 is 0 Å². The smallest absolute Gasteiger partial charge is 0.100 e. The molecule has 2 heteroatoms. The van der Waals surface area contributed by atoms with Crippen LogP contribution in [0.3, 0.4) is 0 Å². The minimum atomic E-state index is -0.602. The van der Waals surface area contributed by atoms with E-state index in [0.29, 0.717) is 24.7 Å². The van der Waals surface area contributed by atoms with Gasteiger partial charge in [-0.15, -0.1) is 0 Å². The molecule has 2 fully saturated rings. The Bertz CT molecular complexity index is 181. The minimum absolute atomic E-state index is 0.153. The number of hydrogen-bond donors (Lipinski definition) is 1. The Hall–Kier alpha value is -0.110. The number of alkyl halides is 1. The molecule has 0 spiro atoms. The molecule has 0 bridgehead atoms. The average molecular weight is 228 g/mol. The van der Waals surface area contributed by atoms with E-state index < -0.39 is 6.17 Å². The van der Waals surface area contributed by atoms with Gasteiger partial charge in [-0.3, -0.25) is 0 Å². The standard InChI is InChI=1S/C14H25FO/c1-10-2-4-11(5-3-10)14(16)12-6-8-13(15)9-7-12/h10-14,16H,2-9H2,1H3. The summed E-state index contributed by atoms with van der Waals surface area (Å²) >= 11 is 0. The highest BCUT2D eigenvalue weighted by atomic mass is 19.1. The molecule has 0 saturated heterocycles. The molecule has 94 valence electrons. The van der Waals surface area contributed by atoms with Gasteiger partial charge in [-0.1, -0.05) is 19.8 Å². The van der Waals surface area contributed by atoms with Crippen LogP contribution in [0.25, 0.3) is 0 Å². The third kappa shape index (κ3) is 2.97. The SMILES string of the molecule is CC1CCC(C(O)C2CCC(F)CC2)CC1. The Labute approximate surface area is 98.4 Å². The van der Waals surface area contributed by atoms with Gasteiger partial charge in [0.25, 0.3) is 0 Å². The van der Waals surface area contributed by atoms with Gasteiger partial charge < -0.3 is 5.11 Å². The first-order valence-electron chi connectivity index (χ1n) is 6.99. The lowest BCUT2D eigenvalue weighted by Crippen LogP contribution is -2.34. The molecule has 0 aromatic carbocycles. The monoisotopic (exact) mass is 228 g/mol. The third-order valence-electron chi connectivity index (χ3n) is 4.73. The summed E-state index contributed by atoms with van der Waals surface area (Å²) in [4.78, 5) is 0. The molecular formula is C14H25FO. The fourth-order valence-corrected chi connectivity index (χ4v) is 3.43. The quantitative estimate of drug-likeness (QED) is 0.764. The second-order valence-corrected chi connectivity index (χ2v) is 6.02. The summed E-state index contributed by atoms with van der Waals surface area (Å²) in [5, 5.41) is 10.3. The summed E-state index contributed by atoms with van der Waals surface area (Å²) in [6, 6.07) is 0. The third-order valence-corrected chi connectivity index (χ3v) is 4.73. The van der Waals surface area contributed by atoms with Crippen LogP contribution in [-0.2, 0) is 0 Å². The Kier molecular flexibility index (Phi) is 4.23. The molecule has 2 saturated carbocycles. The Morgan fingerprint density at radius 2 is 1.31 bits per heavy atom. The van der Waals surface area contributed by atoms with E-state index in [9.17, 15) is 9.50 Å². The number of halogens is 1. The highest BCUT2D eigenvalue weighted by molar-refractivity contribution is 4.84. The normalized spacial score (nSPS) is 42.9. The average Bonchev–Trinajstić information content (AvgIpc) is 2.30. The molecule has 1 unspecified atom stereocenters. The Morgan fingerprint density at radius 1 is 0.875 bits per heavy atom. The zero-order valence-electron chi connectivity index (χ0n) is 10.4. The zero-order chi connectivity index (χ0) is 11.5. The summed E-state index contributed by atoms with van der Waals surface area (Å²) < 4.78 is 13.0. The van der Waals surface area contributed by atoms with Crippen molar-refractivity contribution in [3.8, 4) is 0 Å². The lowest BCUT2D eigenvalue weighted by molar-refractivity contribution is 0.00466. The number of aliphatic hydroxyl groups excluding tert-OH is 1. The largest absolute Gasteiger partial charge is 0.393 e. The fourth-order valence-electron chi connectivity index (χ4n) is 3.43. The zero-order valence-corrected chi connectivity index (χ0v) is 10.4. The van der Waals surface area contributed by atoms with Gasteiger partial charge in [-0.05, 0) is 56.3 Å². The van der Waals surface area contributed by atoms with Crippen molar-refractivity contribution in [2.45, 2.75) is 70.6 Å². The van der Waals surface area contributed by atoms with E-state index in [4.69, 9.17) is 0 Å². The molecule has 0 radical (unpaired) electrons. The highest BCUT2D eigenvalue weighted by Crippen LogP contribution is 2.37. The summed E-state index contributed by atoms with van der Waals surface area (Å²) in [6.07, 6.45) is 7.27. The topological polar surface area (TPSA) is 20.2 Å². The van der Waals surface area contributed by atoms with E-state index in [1.807, 2.05) is 0 Å². The van der Waals surface area contributed by atoms with E-state index in [0.717, 1.165) is 18.8 Å². The maximum absolute atomic E-state index is 13.0. The lowest BCUT2D eigenvalue weighted by atomic mass is 9.73. The molecule has 0 heterocycles. The summed E-state index contributed by atoms with van der Waals surface area (Å²) in [6.45, 7) is 2.30. The second-order valence-electron chi connectivity index (χ2n) is 6.02. The molecule has 1 nitrogen and oxygen atoms in total. The van der Waals surface area contributed by atoms with Crippen molar-refractivity contribution < 1.29 is 9.50 Å². The number of aliphatic hydroxyl groups is 1. The first-order chi connectivity index (χ1) is 7.66. The molecule has 0 aromatic rings. The Morgan fingerprint density at radius 3 is 1.81 bits per heavy atom. The van der Waals surface area contributed by atoms with Crippen LogP contribution in [0.4, 0.5) is 4.39 Å². The van der Waals surface area contributed by atoms with Gasteiger partial charge in [0.2, 0.25) is 0 Å². The predicted molar refractivity (Wildman–Crippen MR) is 64.0 cm³/mol. The van der Waals surface area contributed by atoms with Crippen molar-refractivity contribution in [2.75, 3.05) is 0 Å². The lowest BCUT2D eigenvalue weighted by Gasteiger charge is -2.36. The van der Waals surface area contributed by atoms with Crippen molar-refractivity contribution in [1.29, 1.82) is 0 Å². The van der Waals surface area contributed by atoms with Crippen LogP contribution in [0, 0.1) is 17.8 Å². The van der Waals surface area contributed by atoms with Gasteiger partial charge in [0, 0.05) is 0 Å². The fraction of sp³-hybridized carbons (Fsp3) is 1.00. The van der Waals surface area contributed by atoms with Crippen molar-refractivity contribution in [3.05, 3.63) is 0 Å². The van der Waals surface area contributed by atoms with E-state index in [-0.39, 0.29) is 6.10 Å². The maximum Gasteiger partial charge on any atom is 0.100 e. The van der Waals surface area contributed by atoms with Crippen LogP contribution in [0.15, 0.2) is 0 Å². The Balaban J connectivity index is 1.80. The summed E-state index contributed by atoms with van der Waals surface area (Å²) in [7, 11) is 0. The van der Waals surface area contributed by atoms with Crippen molar-refractivity contribution in [3.63, 3.8) is 0 Å². The molecule has 0 amide bonds. The van der Waals surface area contributed by atoms with Crippen molar-refractivity contribution >= 4 is 0 Å². The molecule has 0 aromatic heterocycles. The molecule has 2 aliphatic carbocycles. The van der Waals surface area contributed by atoms with Gasteiger partial charge >= 0.3 is 0 Å². The van der Waals surface area contributed by atoms with Gasteiger partial charge in [0.15, 0.2) is 0 Å². The highest BCUT2D eigenvalue weighted by Gasteiger charge is 2.32. The van der Waals surface area contributed by atoms with E-state index in [1.165, 1.54) is 25.7 Å². The number of hydrogen-bond acceptors (Lipinski definition) is 1. The van der Waals surface area contributed by atoms with Crippen LogP contribution in [0.1, 0.15) is 58.3 Å². The minimum Gasteiger partial charge on any atom is -0.393 e. The summed E-state index contributed by atoms with van der Waals surface area (Å²) in [5.74, 6) is 1.72. The molecule has 2 rings (SSSR count). The van der Waals surface area contributed by atoms with Crippen LogP contribution in [0.5, 0.6) is 0 Å². The van der Waals surface area contributed by atoms with Gasteiger partial charge in [-0.2, -0.15) is 0 Å². The van der Waals surface area contributed by atoms with E-state index in [2.05, 4.69) is 6.92 Å². The van der Waals surface area contributed by atoms with Gasteiger partial charge in [0.1, 0.15) is 6.17 Å². The number of rotatable bonds is 2. The predicted octanol–water partition coefficient (Wildman–Crippen LogP) is 3.70. The van der Waals surface area contributed by atoms with E-state index in [1.54, 1.807) is 0 Å². The van der Waals surface area contributed by atoms with Crippen LogP contribution in [-0.4, -0.2) is 17.4 Å². The molecule has 16 heavy (non-hydrogen) atoms. The molecule has 1 N–H and O–H groups in total. The van der Waals surface area contributed by atoms with Gasteiger partial charge in [0.05, 0.1) is 6.10 Å². The maximum atomic E-state index is 13.0. The molecule has 0 aliphatic heterocycles. The van der Waals surface area contributed by atoms with Crippen LogP contribution in [0.2, 0.25) is 0 Å². The first kappa shape index (κ1) is 12.3. The van der Waals surface area contributed by atoms with E-state index >= 15 is 0 Å².